The summed E-state index contributed by atoms with van der Waals surface area (Å²) in [6.45, 7) is 0. The summed E-state index contributed by atoms with van der Waals surface area (Å²) in [5.41, 5.74) is 6.52. The molecule has 1 aliphatic heterocycles. The first-order chi connectivity index (χ1) is 5.95. The molecule has 4 nitrogen and oxygen atoms in total. The van der Waals surface area contributed by atoms with E-state index in [1.165, 1.54) is 11.9 Å². The van der Waals surface area contributed by atoms with Crippen LogP contribution in [0.5, 0.6) is 0 Å². The third kappa shape index (κ3) is 1.76. The van der Waals surface area contributed by atoms with Gasteiger partial charge in [-0.3, -0.25) is 5.43 Å². The molecule has 1 aliphatic rings. The highest BCUT2D eigenvalue weighted by atomic mass is 32.2. The van der Waals surface area contributed by atoms with E-state index in [9.17, 15) is 0 Å². The maximum Gasteiger partial charge on any atom is 0.193 e. The molecule has 0 aromatic heterocycles. The summed E-state index contributed by atoms with van der Waals surface area (Å²) in [6, 6.07) is 9.79. The van der Waals surface area contributed by atoms with Crippen LogP contribution in [-0.4, -0.2) is 5.17 Å². The topological polar surface area (TPSA) is 48.5 Å². The zero-order chi connectivity index (χ0) is 8.23. The van der Waals surface area contributed by atoms with Crippen molar-refractivity contribution in [1.29, 1.82) is 0 Å². The van der Waals surface area contributed by atoms with Crippen LogP contribution in [0.15, 0.2) is 35.3 Å². The summed E-state index contributed by atoms with van der Waals surface area (Å²) in [4.78, 5) is 7.12. The van der Waals surface area contributed by atoms with E-state index in [2.05, 4.69) is 20.8 Å². The molecule has 3 N–H and O–H groups in total. The maximum absolute atomic E-state index is 4.30. The van der Waals surface area contributed by atoms with Crippen LogP contribution in [0.2, 0.25) is 0 Å². The number of nitrogens with one attached hydrogen (secondary N) is 3. The number of rotatable bonds is 1. The molecule has 12 heavy (non-hydrogen) atoms. The Labute approximate surface area is 74.5 Å². The highest BCUT2D eigenvalue weighted by Crippen LogP contribution is 2.12. The van der Waals surface area contributed by atoms with Gasteiger partial charge in [0.05, 0.1) is 5.69 Å². The average Bonchev–Trinajstić information content (AvgIpc) is 2.59. The highest BCUT2D eigenvalue weighted by molar-refractivity contribution is 8.12. The molecule has 0 unspecified atom stereocenters. The van der Waals surface area contributed by atoms with Gasteiger partial charge >= 0.3 is 0 Å². The van der Waals surface area contributed by atoms with Gasteiger partial charge in [-0.2, -0.15) is 10.4 Å². The van der Waals surface area contributed by atoms with Crippen LogP contribution in [0.1, 0.15) is 0 Å². The minimum Gasteiger partial charge on any atom is -0.285 e. The first-order valence-electron chi connectivity index (χ1n) is 3.52. The van der Waals surface area contributed by atoms with Gasteiger partial charge in [0.2, 0.25) is 0 Å². The van der Waals surface area contributed by atoms with Crippen LogP contribution in [-0.2, 0) is 0 Å². The summed E-state index contributed by atoms with van der Waals surface area (Å²) in [7, 11) is 0. The molecule has 0 amide bonds. The molecule has 62 valence electrons. The molecule has 1 fully saturated rings. The fraction of sp³-hybridized carbons (Fsp3) is 0. The molecule has 0 aliphatic carbocycles. The second kappa shape index (κ2) is 3.57. The van der Waals surface area contributed by atoms with Crippen LogP contribution < -0.4 is 15.8 Å². The Morgan fingerprint density at radius 1 is 1.17 bits per heavy atom. The van der Waals surface area contributed by atoms with Gasteiger partial charge < -0.3 is 0 Å². The first-order valence-corrected chi connectivity index (χ1v) is 4.33. The number of hydrogen-bond donors (Lipinski definition) is 3. The van der Waals surface area contributed by atoms with Gasteiger partial charge in [-0.25, -0.2) is 4.99 Å². The van der Waals surface area contributed by atoms with Gasteiger partial charge in [0.15, 0.2) is 5.17 Å². The molecule has 1 aromatic carbocycles. The zero-order valence-electron chi connectivity index (χ0n) is 6.24. The predicted octanol–water partition coefficient (Wildman–Crippen LogP) is 0.935. The molecule has 0 bridgehead atoms. The number of aliphatic imine (C=N–C) groups is 1. The SMILES string of the molecule is c1ccc(N=C2NNNS2)cc1. The number of benzene rings is 1. The van der Waals surface area contributed by atoms with Gasteiger partial charge in [0.25, 0.3) is 0 Å². The molecule has 5 heteroatoms. The van der Waals surface area contributed by atoms with E-state index in [0.717, 1.165) is 10.9 Å². The fourth-order valence-corrected chi connectivity index (χ4v) is 1.30. The van der Waals surface area contributed by atoms with Crippen LogP contribution in [0.3, 0.4) is 0 Å². The molecule has 1 heterocycles. The second-order valence-electron chi connectivity index (χ2n) is 2.21. The Kier molecular flexibility index (Phi) is 2.26. The summed E-state index contributed by atoms with van der Waals surface area (Å²) in [5.74, 6) is 0. The lowest BCUT2D eigenvalue weighted by atomic mass is 10.3. The van der Waals surface area contributed by atoms with Crippen LogP contribution >= 0.6 is 11.9 Å². The largest absolute Gasteiger partial charge is 0.285 e. The molecule has 0 spiro atoms. The van der Waals surface area contributed by atoms with E-state index < -0.39 is 0 Å². The van der Waals surface area contributed by atoms with Gasteiger partial charge in [-0.15, -0.1) is 0 Å². The van der Waals surface area contributed by atoms with Gasteiger partial charge in [0, 0.05) is 11.9 Å². The van der Waals surface area contributed by atoms with Crippen LogP contribution in [0.25, 0.3) is 0 Å². The van der Waals surface area contributed by atoms with Crippen molar-refractivity contribution in [3.05, 3.63) is 30.3 Å². The Morgan fingerprint density at radius 3 is 2.67 bits per heavy atom. The molecule has 1 saturated heterocycles. The van der Waals surface area contributed by atoms with E-state index in [1.54, 1.807) is 0 Å². The monoisotopic (exact) mass is 180 g/mol. The molecule has 2 rings (SSSR count). The number of nitrogens with zero attached hydrogens (tertiary/aromatic N) is 1. The van der Waals surface area contributed by atoms with Crippen molar-refractivity contribution in [3.8, 4) is 0 Å². The minimum absolute atomic E-state index is 0.821. The second-order valence-corrected chi connectivity index (χ2v) is 3.00. The van der Waals surface area contributed by atoms with E-state index >= 15 is 0 Å². The molecule has 1 aromatic rings. The van der Waals surface area contributed by atoms with Gasteiger partial charge in [-0.1, -0.05) is 18.2 Å². The van der Waals surface area contributed by atoms with Gasteiger partial charge in [-0.05, 0) is 12.1 Å². The van der Waals surface area contributed by atoms with Crippen LogP contribution in [0.4, 0.5) is 5.69 Å². The summed E-state index contributed by atoms with van der Waals surface area (Å²) in [6.07, 6.45) is 0. The number of para-hydroxylation sites is 1. The fourth-order valence-electron chi connectivity index (χ4n) is 0.849. The minimum atomic E-state index is 0.821. The molecular formula is C7H8N4S. The third-order valence-corrected chi connectivity index (χ3v) is 1.95. The van der Waals surface area contributed by atoms with Crippen molar-refractivity contribution in [3.63, 3.8) is 0 Å². The number of amidine groups is 1. The van der Waals surface area contributed by atoms with Crippen molar-refractivity contribution in [2.24, 2.45) is 4.99 Å². The Hall–Kier alpha value is -1.04. The molecule has 0 atom stereocenters. The van der Waals surface area contributed by atoms with Crippen molar-refractivity contribution < 1.29 is 0 Å². The van der Waals surface area contributed by atoms with Crippen molar-refractivity contribution in [2.45, 2.75) is 0 Å². The quantitative estimate of drug-likeness (QED) is 0.563. The lowest BCUT2D eigenvalue weighted by Gasteiger charge is -1.94. The molecule has 0 saturated carbocycles. The number of hydrogen-bond acceptors (Lipinski definition) is 4. The zero-order valence-corrected chi connectivity index (χ0v) is 7.06. The van der Waals surface area contributed by atoms with Crippen molar-refractivity contribution >= 4 is 22.8 Å². The summed E-state index contributed by atoms with van der Waals surface area (Å²) >= 11 is 1.41. The first kappa shape index (κ1) is 7.60. The van der Waals surface area contributed by atoms with E-state index in [0.29, 0.717) is 0 Å². The third-order valence-electron chi connectivity index (χ3n) is 1.36. The standard InChI is InChI=1S/C7H8N4S/c1-2-4-6(5-3-1)8-7-9-10-11-12-7/h1-5,10-11H,(H,8,9). The van der Waals surface area contributed by atoms with Crippen molar-refractivity contribution in [2.75, 3.05) is 0 Å². The smallest absolute Gasteiger partial charge is 0.193 e. The normalized spacial score (nSPS) is 19.5. The molecule has 0 radical (unpaired) electrons. The lowest BCUT2D eigenvalue weighted by molar-refractivity contribution is 0.672. The Bertz CT molecular complexity index is 277. The summed E-state index contributed by atoms with van der Waals surface area (Å²) in [5, 5.41) is 0.821. The molecular weight excluding hydrogens is 172 g/mol. The Morgan fingerprint density at radius 2 is 2.00 bits per heavy atom. The van der Waals surface area contributed by atoms with Crippen LogP contribution in [0, 0.1) is 0 Å². The Balaban J connectivity index is 2.16. The highest BCUT2D eigenvalue weighted by Gasteiger charge is 2.05. The summed E-state index contributed by atoms with van der Waals surface area (Å²) < 4.78 is 0. The predicted molar refractivity (Wildman–Crippen MR) is 50.5 cm³/mol. The van der Waals surface area contributed by atoms with Crippen molar-refractivity contribution in [1.82, 2.24) is 15.8 Å². The number of hydrazine groups is 2. The maximum atomic E-state index is 4.30. The lowest BCUT2D eigenvalue weighted by Crippen LogP contribution is -2.31. The van der Waals surface area contributed by atoms with E-state index in [4.69, 9.17) is 0 Å². The van der Waals surface area contributed by atoms with E-state index in [1.807, 2.05) is 30.3 Å². The average molecular weight is 180 g/mol. The van der Waals surface area contributed by atoms with E-state index in [-0.39, 0.29) is 0 Å². The van der Waals surface area contributed by atoms with Gasteiger partial charge in [0.1, 0.15) is 0 Å².